The maximum absolute atomic E-state index is 13.0. The first-order valence-electron chi connectivity index (χ1n) is 8.95. The maximum Gasteiger partial charge on any atom is 0.259 e. The van der Waals surface area contributed by atoms with Gasteiger partial charge < -0.3 is 15.2 Å². The van der Waals surface area contributed by atoms with Crippen molar-refractivity contribution < 1.29 is 9.32 Å². The molecule has 3 rings (SSSR count). The first-order valence-corrected chi connectivity index (χ1v) is 9.33. The minimum atomic E-state index is -0.177. The molecule has 1 heterocycles. The molecule has 6 nitrogen and oxygen atoms in total. The molecule has 29 heavy (non-hydrogen) atoms. The van der Waals surface area contributed by atoms with E-state index < -0.39 is 0 Å². The van der Waals surface area contributed by atoms with Gasteiger partial charge in [0.05, 0.1) is 11.1 Å². The molecule has 0 aliphatic rings. The highest BCUT2D eigenvalue weighted by Gasteiger charge is 2.25. The fraction of sp³-hybridized carbons (Fsp3) is 0.286. The van der Waals surface area contributed by atoms with Crippen LogP contribution in [0.25, 0.3) is 22.8 Å². The number of carbonyl (C=O) groups is 1. The third-order valence-electron chi connectivity index (χ3n) is 4.46. The van der Waals surface area contributed by atoms with Gasteiger partial charge in [-0.3, -0.25) is 4.79 Å². The number of hydrogen-bond acceptors (Lipinski definition) is 5. The molecule has 2 aromatic carbocycles. The standard InChI is InChI=1S/C21H23ClN4O2.ClH/c1-21(2,12-23)13-26(3)20(27)17-10-5-4-9-16(17)19-24-18(25-28-19)14-7-6-8-15(22)11-14;/h4-11H,12-13,23H2,1-3H3;1H. The van der Waals surface area contributed by atoms with Gasteiger partial charge in [-0.2, -0.15) is 4.98 Å². The van der Waals surface area contributed by atoms with E-state index in [-0.39, 0.29) is 29.6 Å². The zero-order valence-corrected chi connectivity index (χ0v) is 18.1. The first-order chi connectivity index (χ1) is 13.3. The molecular formula is C21H24Cl2N4O2. The number of rotatable bonds is 6. The average molecular weight is 435 g/mol. The van der Waals surface area contributed by atoms with E-state index in [2.05, 4.69) is 10.1 Å². The fourth-order valence-electron chi connectivity index (χ4n) is 2.92. The minimum absolute atomic E-state index is 0. The van der Waals surface area contributed by atoms with Crippen LogP contribution in [0.2, 0.25) is 5.02 Å². The molecule has 0 saturated carbocycles. The fourth-order valence-corrected chi connectivity index (χ4v) is 3.11. The Morgan fingerprint density at radius 3 is 2.62 bits per heavy atom. The van der Waals surface area contributed by atoms with Crippen LogP contribution in [0.15, 0.2) is 53.1 Å². The van der Waals surface area contributed by atoms with Gasteiger partial charge in [-0.15, -0.1) is 12.4 Å². The lowest BCUT2D eigenvalue weighted by Crippen LogP contribution is -2.39. The van der Waals surface area contributed by atoms with Gasteiger partial charge in [0.15, 0.2) is 0 Å². The summed E-state index contributed by atoms with van der Waals surface area (Å²) in [4.78, 5) is 19.2. The number of halogens is 2. The summed E-state index contributed by atoms with van der Waals surface area (Å²) in [7, 11) is 1.77. The second-order valence-electron chi connectivity index (χ2n) is 7.51. The number of hydrogen-bond donors (Lipinski definition) is 1. The largest absolute Gasteiger partial charge is 0.341 e. The van der Waals surface area contributed by atoms with Crippen molar-refractivity contribution in [1.82, 2.24) is 15.0 Å². The molecular weight excluding hydrogens is 411 g/mol. The van der Waals surface area contributed by atoms with E-state index in [1.165, 1.54) is 0 Å². The molecule has 2 N–H and O–H groups in total. The van der Waals surface area contributed by atoms with E-state index in [1.807, 2.05) is 38.1 Å². The molecule has 0 aliphatic heterocycles. The van der Waals surface area contributed by atoms with Crippen molar-refractivity contribution in [3.05, 3.63) is 59.1 Å². The Balaban J connectivity index is 0.00000300. The van der Waals surface area contributed by atoms with E-state index in [1.54, 1.807) is 36.2 Å². The lowest BCUT2D eigenvalue weighted by atomic mass is 9.93. The number of nitrogens with zero attached hydrogens (tertiary/aromatic N) is 3. The van der Waals surface area contributed by atoms with E-state index >= 15 is 0 Å². The molecule has 0 fully saturated rings. The molecule has 0 spiro atoms. The summed E-state index contributed by atoms with van der Waals surface area (Å²) in [5.41, 5.74) is 7.46. The van der Waals surface area contributed by atoms with E-state index in [0.717, 1.165) is 5.56 Å². The van der Waals surface area contributed by atoms with Crippen molar-refractivity contribution in [2.75, 3.05) is 20.1 Å². The Morgan fingerprint density at radius 2 is 1.93 bits per heavy atom. The van der Waals surface area contributed by atoms with Crippen LogP contribution < -0.4 is 5.73 Å². The Hall–Kier alpha value is -2.41. The molecule has 154 valence electrons. The van der Waals surface area contributed by atoms with Crippen LogP contribution in [-0.2, 0) is 0 Å². The molecule has 0 aliphatic carbocycles. The highest BCUT2D eigenvalue weighted by Crippen LogP contribution is 2.27. The van der Waals surface area contributed by atoms with Crippen molar-refractivity contribution >= 4 is 29.9 Å². The molecule has 0 radical (unpaired) electrons. The molecule has 3 aromatic rings. The van der Waals surface area contributed by atoms with Gasteiger partial charge in [-0.1, -0.05) is 54.9 Å². The minimum Gasteiger partial charge on any atom is -0.341 e. The summed E-state index contributed by atoms with van der Waals surface area (Å²) in [6.07, 6.45) is 0. The summed E-state index contributed by atoms with van der Waals surface area (Å²) in [5, 5.41) is 4.62. The van der Waals surface area contributed by atoms with Gasteiger partial charge in [0.25, 0.3) is 11.8 Å². The molecule has 0 atom stereocenters. The third kappa shape index (κ3) is 5.35. The number of nitrogens with two attached hydrogens (primary N) is 1. The molecule has 0 bridgehead atoms. The Kier molecular flexibility index (Phi) is 7.41. The highest BCUT2D eigenvalue weighted by atomic mass is 35.5. The zero-order chi connectivity index (χ0) is 20.3. The maximum atomic E-state index is 13.0. The van der Waals surface area contributed by atoms with Crippen molar-refractivity contribution in [3.63, 3.8) is 0 Å². The summed E-state index contributed by atoms with van der Waals surface area (Å²) in [5.74, 6) is 0.572. The predicted octanol–water partition coefficient (Wildman–Crippen LogP) is 4.54. The lowest BCUT2D eigenvalue weighted by molar-refractivity contribution is 0.0741. The van der Waals surface area contributed by atoms with Crippen molar-refractivity contribution in [2.45, 2.75) is 13.8 Å². The topological polar surface area (TPSA) is 85.2 Å². The Labute approximate surface area is 181 Å². The van der Waals surface area contributed by atoms with Crippen LogP contribution in [0.4, 0.5) is 0 Å². The number of benzene rings is 2. The third-order valence-corrected chi connectivity index (χ3v) is 4.70. The average Bonchev–Trinajstić information content (AvgIpc) is 3.17. The van der Waals surface area contributed by atoms with Crippen LogP contribution in [0.1, 0.15) is 24.2 Å². The van der Waals surface area contributed by atoms with Gasteiger partial charge in [0, 0.05) is 24.2 Å². The number of amides is 1. The number of aromatic nitrogens is 2. The Bertz CT molecular complexity index is 988. The molecule has 0 saturated heterocycles. The monoisotopic (exact) mass is 434 g/mol. The highest BCUT2D eigenvalue weighted by molar-refractivity contribution is 6.30. The lowest BCUT2D eigenvalue weighted by Gasteiger charge is -2.29. The van der Waals surface area contributed by atoms with Crippen molar-refractivity contribution in [2.24, 2.45) is 11.1 Å². The quantitative estimate of drug-likeness (QED) is 0.615. The van der Waals surface area contributed by atoms with Crippen LogP contribution in [-0.4, -0.2) is 41.1 Å². The second-order valence-corrected chi connectivity index (χ2v) is 7.95. The molecule has 0 unspecified atom stereocenters. The summed E-state index contributed by atoms with van der Waals surface area (Å²) >= 11 is 6.04. The van der Waals surface area contributed by atoms with Crippen LogP contribution >= 0.6 is 24.0 Å². The number of carbonyl (C=O) groups excluding carboxylic acids is 1. The van der Waals surface area contributed by atoms with Crippen molar-refractivity contribution in [3.8, 4) is 22.8 Å². The summed E-state index contributed by atoms with van der Waals surface area (Å²) in [6, 6.07) is 14.4. The van der Waals surface area contributed by atoms with E-state index in [4.69, 9.17) is 21.9 Å². The second kappa shape index (κ2) is 9.39. The SMILES string of the molecule is CN(CC(C)(C)CN)C(=O)c1ccccc1-c1nc(-c2cccc(Cl)c2)no1.Cl. The summed E-state index contributed by atoms with van der Waals surface area (Å²) < 4.78 is 5.44. The smallest absolute Gasteiger partial charge is 0.259 e. The van der Waals surface area contributed by atoms with E-state index in [9.17, 15) is 4.79 Å². The summed E-state index contributed by atoms with van der Waals surface area (Å²) in [6.45, 7) is 5.07. The first kappa shape index (κ1) is 22.9. The van der Waals surface area contributed by atoms with Gasteiger partial charge >= 0.3 is 0 Å². The predicted molar refractivity (Wildman–Crippen MR) is 117 cm³/mol. The van der Waals surface area contributed by atoms with Crippen LogP contribution in [0.5, 0.6) is 0 Å². The van der Waals surface area contributed by atoms with Gasteiger partial charge in [0.1, 0.15) is 0 Å². The van der Waals surface area contributed by atoms with Gasteiger partial charge in [-0.25, -0.2) is 0 Å². The van der Waals surface area contributed by atoms with E-state index in [0.29, 0.717) is 35.1 Å². The van der Waals surface area contributed by atoms with Crippen LogP contribution in [0.3, 0.4) is 0 Å². The van der Waals surface area contributed by atoms with Crippen molar-refractivity contribution in [1.29, 1.82) is 0 Å². The normalized spacial score (nSPS) is 11.1. The molecule has 1 aromatic heterocycles. The van der Waals surface area contributed by atoms with Gasteiger partial charge in [0.2, 0.25) is 5.82 Å². The van der Waals surface area contributed by atoms with Crippen LogP contribution in [0, 0.1) is 5.41 Å². The zero-order valence-electron chi connectivity index (χ0n) is 16.6. The Morgan fingerprint density at radius 1 is 1.21 bits per heavy atom. The molecule has 1 amide bonds. The van der Waals surface area contributed by atoms with Gasteiger partial charge in [-0.05, 0) is 36.2 Å². The molecule has 8 heteroatoms.